The molecule has 5 nitrogen and oxygen atoms in total. The average Bonchev–Trinajstić information content (AvgIpc) is 2.88. The number of guanidine groups is 1. The minimum Gasteiger partial charge on any atom is -0.357 e. The number of aromatic nitrogens is 1. The van der Waals surface area contributed by atoms with Crippen molar-refractivity contribution in [2.75, 3.05) is 25.0 Å². The van der Waals surface area contributed by atoms with E-state index in [4.69, 9.17) is 0 Å². The number of nitrogens with one attached hydrogen (secondary N) is 2. The molecule has 0 bridgehead atoms. The molecule has 0 aliphatic carbocycles. The molecule has 1 atom stereocenters. The lowest BCUT2D eigenvalue weighted by molar-refractivity contribution is 0.624. The largest absolute Gasteiger partial charge is 0.357 e. The first-order chi connectivity index (χ1) is 11.2. The molecule has 1 saturated heterocycles. The summed E-state index contributed by atoms with van der Waals surface area (Å²) in [5.41, 5.74) is 1.18. The van der Waals surface area contributed by atoms with Crippen molar-refractivity contribution in [1.82, 2.24) is 15.6 Å². The predicted molar refractivity (Wildman–Crippen MR) is 98.0 cm³/mol. The number of nitrogens with zero attached hydrogens (tertiary/aromatic N) is 3. The standard InChI is InChI=1S/C18H31N5/c1-4-15(2)22-18(19-3)21-14-16-9-10-17(20-13-16)23-11-7-5-6-8-12-23/h9-10,13,15H,4-8,11-12,14H2,1-3H3,(H2,19,21,22). The minimum atomic E-state index is 0.421. The molecule has 23 heavy (non-hydrogen) atoms. The van der Waals surface area contributed by atoms with Gasteiger partial charge in [0.25, 0.3) is 0 Å². The Morgan fingerprint density at radius 2 is 2.00 bits per heavy atom. The Hall–Kier alpha value is -1.78. The average molecular weight is 317 g/mol. The lowest BCUT2D eigenvalue weighted by Crippen LogP contribution is -2.41. The van der Waals surface area contributed by atoms with Crippen molar-refractivity contribution in [3.8, 4) is 0 Å². The third-order valence-corrected chi connectivity index (χ3v) is 4.42. The number of pyridine rings is 1. The van der Waals surface area contributed by atoms with Crippen LogP contribution in [0.5, 0.6) is 0 Å². The number of aliphatic imine (C=N–C) groups is 1. The van der Waals surface area contributed by atoms with Gasteiger partial charge in [0.1, 0.15) is 5.82 Å². The second-order valence-corrected chi connectivity index (χ2v) is 6.31. The maximum Gasteiger partial charge on any atom is 0.191 e. The van der Waals surface area contributed by atoms with Gasteiger partial charge < -0.3 is 15.5 Å². The van der Waals surface area contributed by atoms with Gasteiger partial charge in [0, 0.05) is 38.9 Å². The maximum atomic E-state index is 4.65. The van der Waals surface area contributed by atoms with E-state index in [0.29, 0.717) is 6.04 Å². The summed E-state index contributed by atoms with van der Waals surface area (Å²) in [5, 5.41) is 6.71. The first kappa shape index (κ1) is 17.6. The van der Waals surface area contributed by atoms with Crippen molar-refractivity contribution in [3.63, 3.8) is 0 Å². The molecule has 2 rings (SSSR count). The molecular formula is C18H31N5. The van der Waals surface area contributed by atoms with E-state index in [-0.39, 0.29) is 0 Å². The van der Waals surface area contributed by atoms with Crippen LogP contribution in [0.1, 0.15) is 51.5 Å². The molecular weight excluding hydrogens is 286 g/mol. The topological polar surface area (TPSA) is 52.6 Å². The Morgan fingerprint density at radius 3 is 2.57 bits per heavy atom. The van der Waals surface area contributed by atoms with Gasteiger partial charge in [-0.1, -0.05) is 25.8 Å². The SMILES string of the molecule is CCC(C)NC(=NC)NCc1ccc(N2CCCCCC2)nc1. The fraction of sp³-hybridized carbons (Fsp3) is 0.667. The van der Waals surface area contributed by atoms with Crippen molar-refractivity contribution < 1.29 is 0 Å². The summed E-state index contributed by atoms with van der Waals surface area (Å²) in [4.78, 5) is 11.3. The van der Waals surface area contributed by atoms with Gasteiger partial charge in [0.15, 0.2) is 5.96 Å². The number of hydrogen-bond acceptors (Lipinski definition) is 3. The summed E-state index contributed by atoms with van der Waals surface area (Å²) < 4.78 is 0. The molecule has 0 radical (unpaired) electrons. The zero-order valence-corrected chi connectivity index (χ0v) is 14.8. The summed E-state index contributed by atoms with van der Waals surface area (Å²) in [6.07, 6.45) is 8.31. The van der Waals surface area contributed by atoms with Gasteiger partial charge in [-0.25, -0.2) is 4.98 Å². The molecule has 0 saturated carbocycles. The first-order valence-corrected chi connectivity index (χ1v) is 8.90. The van der Waals surface area contributed by atoms with E-state index >= 15 is 0 Å². The van der Waals surface area contributed by atoms with Crippen LogP contribution in [-0.4, -0.2) is 37.1 Å². The first-order valence-electron chi connectivity index (χ1n) is 8.90. The van der Waals surface area contributed by atoms with Crippen molar-refractivity contribution in [2.45, 2.75) is 58.5 Å². The molecule has 0 amide bonds. The normalized spacial score (nSPS) is 17.5. The van der Waals surface area contributed by atoms with E-state index in [9.17, 15) is 0 Å². The highest BCUT2D eigenvalue weighted by atomic mass is 15.2. The second-order valence-electron chi connectivity index (χ2n) is 6.31. The van der Waals surface area contributed by atoms with E-state index in [0.717, 1.165) is 37.8 Å². The van der Waals surface area contributed by atoms with Gasteiger partial charge in [-0.05, 0) is 37.8 Å². The number of anilines is 1. The van der Waals surface area contributed by atoms with Crippen LogP contribution in [0.15, 0.2) is 23.3 Å². The highest BCUT2D eigenvalue weighted by molar-refractivity contribution is 5.79. The van der Waals surface area contributed by atoms with Crippen LogP contribution >= 0.6 is 0 Å². The minimum absolute atomic E-state index is 0.421. The zero-order valence-electron chi connectivity index (χ0n) is 14.8. The van der Waals surface area contributed by atoms with Crippen LogP contribution in [-0.2, 0) is 6.54 Å². The summed E-state index contributed by atoms with van der Waals surface area (Å²) in [7, 11) is 1.80. The lowest BCUT2D eigenvalue weighted by atomic mass is 10.2. The van der Waals surface area contributed by atoms with Crippen molar-refractivity contribution in [2.24, 2.45) is 4.99 Å². The smallest absolute Gasteiger partial charge is 0.191 e. The second kappa shape index (κ2) is 9.38. The Balaban J connectivity index is 1.86. The molecule has 0 spiro atoms. The summed E-state index contributed by atoms with van der Waals surface area (Å²) in [5.74, 6) is 1.95. The fourth-order valence-corrected chi connectivity index (χ4v) is 2.72. The Bertz CT molecular complexity index is 475. The molecule has 1 aliphatic heterocycles. The summed E-state index contributed by atoms with van der Waals surface area (Å²) in [6, 6.07) is 4.73. The number of rotatable bonds is 5. The zero-order chi connectivity index (χ0) is 16.5. The van der Waals surface area contributed by atoms with E-state index < -0.39 is 0 Å². The highest BCUT2D eigenvalue weighted by Crippen LogP contribution is 2.17. The van der Waals surface area contributed by atoms with E-state index in [1.165, 1.54) is 31.2 Å². The predicted octanol–water partition coefficient (Wildman–Crippen LogP) is 2.93. The van der Waals surface area contributed by atoms with E-state index in [2.05, 4.69) is 51.5 Å². The van der Waals surface area contributed by atoms with Crippen molar-refractivity contribution in [1.29, 1.82) is 0 Å². The third kappa shape index (κ3) is 5.73. The molecule has 5 heteroatoms. The van der Waals surface area contributed by atoms with Crippen LogP contribution in [0.4, 0.5) is 5.82 Å². The molecule has 128 valence electrons. The Labute approximate surface area is 140 Å². The van der Waals surface area contributed by atoms with Crippen molar-refractivity contribution in [3.05, 3.63) is 23.9 Å². The summed E-state index contributed by atoms with van der Waals surface area (Å²) in [6.45, 7) is 7.33. The molecule has 2 N–H and O–H groups in total. The van der Waals surface area contributed by atoms with E-state index in [1.54, 1.807) is 7.05 Å². The van der Waals surface area contributed by atoms with Gasteiger partial charge >= 0.3 is 0 Å². The van der Waals surface area contributed by atoms with Crippen LogP contribution in [0, 0.1) is 0 Å². The molecule has 1 aromatic rings. The molecule has 1 unspecified atom stereocenters. The Kier molecular flexibility index (Phi) is 7.17. The van der Waals surface area contributed by atoms with Crippen LogP contribution in [0.3, 0.4) is 0 Å². The fourth-order valence-electron chi connectivity index (χ4n) is 2.72. The van der Waals surface area contributed by atoms with Crippen LogP contribution in [0.2, 0.25) is 0 Å². The highest BCUT2D eigenvalue weighted by Gasteiger charge is 2.10. The van der Waals surface area contributed by atoms with Gasteiger partial charge in [-0.3, -0.25) is 4.99 Å². The Morgan fingerprint density at radius 1 is 1.26 bits per heavy atom. The van der Waals surface area contributed by atoms with Gasteiger partial charge in [0.2, 0.25) is 0 Å². The van der Waals surface area contributed by atoms with Crippen molar-refractivity contribution >= 4 is 11.8 Å². The van der Waals surface area contributed by atoms with Crippen LogP contribution in [0.25, 0.3) is 0 Å². The van der Waals surface area contributed by atoms with Gasteiger partial charge in [-0.15, -0.1) is 0 Å². The quantitative estimate of drug-likeness (QED) is 0.647. The van der Waals surface area contributed by atoms with Gasteiger partial charge in [-0.2, -0.15) is 0 Å². The number of hydrogen-bond donors (Lipinski definition) is 2. The van der Waals surface area contributed by atoms with Gasteiger partial charge in [0.05, 0.1) is 0 Å². The van der Waals surface area contributed by atoms with E-state index in [1.807, 2.05) is 6.20 Å². The molecule has 1 aliphatic rings. The molecule has 0 aromatic carbocycles. The lowest BCUT2D eigenvalue weighted by Gasteiger charge is -2.21. The molecule has 1 aromatic heterocycles. The maximum absolute atomic E-state index is 4.65. The van der Waals surface area contributed by atoms with Crippen LogP contribution < -0.4 is 15.5 Å². The summed E-state index contributed by atoms with van der Waals surface area (Å²) >= 11 is 0. The third-order valence-electron chi connectivity index (χ3n) is 4.42. The molecule has 2 heterocycles. The monoisotopic (exact) mass is 317 g/mol. The molecule has 1 fully saturated rings.